The third kappa shape index (κ3) is 8.34. The van der Waals surface area contributed by atoms with Gasteiger partial charge in [0.1, 0.15) is 0 Å². The fourth-order valence-electron chi connectivity index (χ4n) is 7.55. The van der Waals surface area contributed by atoms with Gasteiger partial charge in [-0.15, -0.1) is 0 Å². The van der Waals surface area contributed by atoms with E-state index in [0.717, 1.165) is 38.5 Å². The first-order chi connectivity index (χ1) is 23.2. The number of hydrogen-bond donors (Lipinski definition) is 0. The highest BCUT2D eigenvalue weighted by Crippen LogP contribution is 2.44. The zero-order valence-electron chi connectivity index (χ0n) is 28.2. The van der Waals surface area contributed by atoms with Gasteiger partial charge in [0.25, 0.3) is 0 Å². The number of aryl methyl sites for hydroxylation is 1. The Kier molecular flexibility index (Phi) is 12.8. The Morgan fingerprint density at radius 1 is 0.500 bits per heavy atom. The molecule has 2 aliphatic rings. The molecule has 0 N–H and O–H groups in total. The molecule has 0 aromatic heterocycles. The molecule has 0 aliphatic heterocycles. The van der Waals surface area contributed by atoms with Crippen molar-refractivity contribution in [2.24, 2.45) is 5.92 Å². The minimum absolute atomic E-state index is 0.0482. The minimum atomic E-state index is -0.968. The summed E-state index contributed by atoms with van der Waals surface area (Å²) in [5.41, 5.74) is 1.39. The van der Waals surface area contributed by atoms with Gasteiger partial charge in [-0.3, -0.25) is 0 Å². The van der Waals surface area contributed by atoms with Crippen LogP contribution in [0.25, 0.3) is 0 Å². The van der Waals surface area contributed by atoms with Crippen LogP contribution in [0.1, 0.15) is 137 Å². The third-order valence-electron chi connectivity index (χ3n) is 10.6. The summed E-state index contributed by atoms with van der Waals surface area (Å²) in [5.74, 6) is -5.53. The molecule has 0 atom stereocenters. The highest BCUT2D eigenvalue weighted by molar-refractivity contribution is 5.35. The van der Waals surface area contributed by atoms with Crippen LogP contribution in [-0.2, 0) is 6.42 Å². The summed E-state index contributed by atoms with van der Waals surface area (Å²) in [7, 11) is 0. The number of hydrogen-bond acceptors (Lipinski definition) is 2. The molecule has 3 aromatic carbocycles. The number of benzene rings is 3. The largest absolute Gasteiger partial charge is 0.490 e. The van der Waals surface area contributed by atoms with Crippen LogP contribution in [0.4, 0.5) is 26.3 Å². The second kappa shape index (κ2) is 17.0. The average Bonchev–Trinajstić information content (AvgIpc) is 3.10. The van der Waals surface area contributed by atoms with Crippen LogP contribution in [0.5, 0.6) is 11.5 Å². The second-order valence-electron chi connectivity index (χ2n) is 13.7. The fraction of sp³-hybridized carbons (Fsp3) is 0.550. The topological polar surface area (TPSA) is 18.5 Å². The Labute approximate surface area is 281 Å². The normalized spacial score (nSPS) is 21.3. The quantitative estimate of drug-likeness (QED) is 0.125. The van der Waals surface area contributed by atoms with Gasteiger partial charge in [-0.25, -0.2) is 17.6 Å². The molecule has 0 saturated heterocycles. The van der Waals surface area contributed by atoms with E-state index in [4.69, 9.17) is 9.47 Å². The van der Waals surface area contributed by atoms with Crippen LogP contribution in [0.3, 0.4) is 0 Å². The Morgan fingerprint density at radius 2 is 0.896 bits per heavy atom. The van der Waals surface area contributed by atoms with Gasteiger partial charge in [-0.05, 0) is 135 Å². The molecule has 0 heterocycles. The van der Waals surface area contributed by atoms with E-state index in [1.165, 1.54) is 12.1 Å². The molecule has 0 unspecified atom stereocenters. The van der Waals surface area contributed by atoms with Gasteiger partial charge < -0.3 is 9.47 Å². The molecular formula is C40H48F6O2. The Bertz CT molecular complexity index is 1510. The SMILES string of the molecule is CCCCOc1ccc(C2CCC(CCc3ccc(C4CCC(c5ccc(OCCCC)c(F)c5F)CC4)c(F)c3F)CC2)c(F)c1F. The molecule has 2 nitrogen and oxygen atoms in total. The summed E-state index contributed by atoms with van der Waals surface area (Å²) in [4.78, 5) is 0. The molecule has 3 aromatic rings. The molecule has 2 saturated carbocycles. The molecule has 0 amide bonds. The zero-order chi connectivity index (χ0) is 34.2. The van der Waals surface area contributed by atoms with Gasteiger partial charge in [0.2, 0.25) is 11.6 Å². The van der Waals surface area contributed by atoms with Crippen molar-refractivity contribution in [1.82, 2.24) is 0 Å². The maximum absolute atomic E-state index is 15.4. The summed E-state index contributed by atoms with van der Waals surface area (Å²) in [5, 5.41) is 0. The molecule has 2 aliphatic carbocycles. The van der Waals surface area contributed by atoms with E-state index >= 15 is 8.78 Å². The van der Waals surface area contributed by atoms with Crippen molar-refractivity contribution in [2.45, 2.75) is 121 Å². The highest BCUT2D eigenvalue weighted by atomic mass is 19.2. The van der Waals surface area contributed by atoms with E-state index in [-0.39, 0.29) is 29.3 Å². The first-order valence-electron chi connectivity index (χ1n) is 17.9. The summed E-state index contributed by atoms with van der Waals surface area (Å²) >= 11 is 0. The van der Waals surface area contributed by atoms with Crippen LogP contribution in [0.15, 0.2) is 36.4 Å². The lowest BCUT2D eigenvalue weighted by atomic mass is 9.75. The highest BCUT2D eigenvalue weighted by Gasteiger charge is 2.31. The van der Waals surface area contributed by atoms with E-state index < -0.39 is 34.9 Å². The smallest absolute Gasteiger partial charge is 0.200 e. The Hall–Kier alpha value is -3.16. The summed E-state index contributed by atoms with van der Waals surface area (Å²) < 4.78 is 101. The van der Waals surface area contributed by atoms with Gasteiger partial charge >= 0.3 is 0 Å². The van der Waals surface area contributed by atoms with Crippen molar-refractivity contribution >= 4 is 0 Å². The van der Waals surface area contributed by atoms with E-state index in [9.17, 15) is 17.6 Å². The van der Waals surface area contributed by atoms with Gasteiger partial charge in [0.05, 0.1) is 13.2 Å². The van der Waals surface area contributed by atoms with Crippen LogP contribution >= 0.6 is 0 Å². The van der Waals surface area contributed by atoms with Crippen molar-refractivity contribution in [3.63, 3.8) is 0 Å². The summed E-state index contributed by atoms with van der Waals surface area (Å²) in [6.07, 6.45) is 9.67. The van der Waals surface area contributed by atoms with Crippen molar-refractivity contribution < 1.29 is 35.8 Å². The van der Waals surface area contributed by atoms with Crippen molar-refractivity contribution in [2.75, 3.05) is 13.2 Å². The van der Waals surface area contributed by atoms with E-state index in [2.05, 4.69) is 0 Å². The first kappa shape index (κ1) is 36.1. The standard InChI is InChI=1S/C40H48F6O2/c1-3-5-23-47-33-21-19-31(37(43)39(33)45)26-10-7-25(8-11-26)9-12-29-17-18-30(36(42)35(29)41)27-13-15-28(16-14-27)32-20-22-34(40(46)38(32)44)48-24-6-4-2/h17-22,25-28H,3-16,23-24H2,1-2H3. The zero-order valence-corrected chi connectivity index (χ0v) is 28.2. The van der Waals surface area contributed by atoms with Crippen LogP contribution < -0.4 is 9.47 Å². The molecule has 48 heavy (non-hydrogen) atoms. The molecule has 0 bridgehead atoms. The predicted octanol–water partition coefficient (Wildman–Crippen LogP) is 12.2. The van der Waals surface area contributed by atoms with Crippen LogP contribution in [-0.4, -0.2) is 13.2 Å². The predicted molar refractivity (Wildman–Crippen MR) is 177 cm³/mol. The van der Waals surface area contributed by atoms with E-state index in [1.54, 1.807) is 24.3 Å². The van der Waals surface area contributed by atoms with Crippen molar-refractivity contribution in [3.8, 4) is 11.5 Å². The van der Waals surface area contributed by atoms with Gasteiger partial charge in [0.15, 0.2) is 34.8 Å². The summed E-state index contributed by atoms with van der Waals surface area (Å²) in [6, 6.07) is 9.60. The number of halogens is 6. The molecule has 0 spiro atoms. The minimum Gasteiger partial charge on any atom is -0.490 e. The van der Waals surface area contributed by atoms with Crippen LogP contribution in [0.2, 0.25) is 0 Å². The molecule has 262 valence electrons. The number of rotatable bonds is 14. The monoisotopic (exact) mass is 674 g/mol. The van der Waals surface area contributed by atoms with Crippen LogP contribution in [0, 0.1) is 40.8 Å². The lowest BCUT2D eigenvalue weighted by molar-refractivity contribution is 0.283. The molecule has 8 heteroatoms. The molecule has 0 radical (unpaired) electrons. The number of ether oxygens (including phenoxy) is 2. The Balaban J connectivity index is 1.12. The Morgan fingerprint density at radius 3 is 1.33 bits per heavy atom. The van der Waals surface area contributed by atoms with Crippen molar-refractivity contribution in [1.29, 1.82) is 0 Å². The van der Waals surface area contributed by atoms with Gasteiger partial charge in [0, 0.05) is 0 Å². The maximum atomic E-state index is 15.4. The number of unbranched alkanes of at least 4 members (excludes halogenated alkanes) is 2. The van der Waals surface area contributed by atoms with Gasteiger partial charge in [-0.1, -0.05) is 51.0 Å². The van der Waals surface area contributed by atoms with Gasteiger partial charge in [-0.2, -0.15) is 8.78 Å². The maximum Gasteiger partial charge on any atom is 0.200 e. The molecule has 2 fully saturated rings. The third-order valence-corrected chi connectivity index (χ3v) is 10.6. The summed E-state index contributed by atoms with van der Waals surface area (Å²) in [6.45, 7) is 4.67. The molecular weight excluding hydrogens is 626 g/mol. The van der Waals surface area contributed by atoms with Crippen molar-refractivity contribution in [3.05, 3.63) is 93.6 Å². The molecule has 5 rings (SSSR count). The first-order valence-corrected chi connectivity index (χ1v) is 17.9. The average molecular weight is 675 g/mol. The lowest BCUT2D eigenvalue weighted by Crippen LogP contribution is -2.17. The van der Waals surface area contributed by atoms with E-state index in [0.29, 0.717) is 92.8 Å². The van der Waals surface area contributed by atoms with E-state index in [1.807, 2.05) is 13.8 Å². The lowest BCUT2D eigenvalue weighted by Gasteiger charge is -2.30. The second-order valence-corrected chi connectivity index (χ2v) is 13.7. The fourth-order valence-corrected chi connectivity index (χ4v) is 7.55.